The number of rotatable bonds is 4. The Kier molecular flexibility index (Phi) is 4.22. The van der Waals surface area contributed by atoms with Gasteiger partial charge in [0.05, 0.1) is 0 Å². The Morgan fingerprint density at radius 3 is 2.68 bits per heavy atom. The minimum atomic E-state index is -0.154. The standard InChI is InChI=1S/C15H15ClN4OS/c1-3-11-17-13-12(20(11)2)14(21)19-15(18-13)22-8-9-4-6-10(16)7-5-9/h4-7H,3,8H2,1-2H3,(H,18,19,21). The number of halogens is 1. The van der Waals surface area contributed by atoms with Crippen LogP contribution in [0, 0.1) is 0 Å². The Bertz CT molecular complexity index is 870. The number of fused-ring (bicyclic) bond motifs is 1. The van der Waals surface area contributed by atoms with E-state index in [0.29, 0.717) is 27.1 Å². The van der Waals surface area contributed by atoms with E-state index in [4.69, 9.17) is 11.6 Å². The molecule has 5 nitrogen and oxygen atoms in total. The molecule has 114 valence electrons. The van der Waals surface area contributed by atoms with Crippen LogP contribution in [0.3, 0.4) is 0 Å². The molecule has 0 unspecified atom stereocenters. The van der Waals surface area contributed by atoms with Crippen molar-refractivity contribution in [1.29, 1.82) is 0 Å². The first-order valence-corrected chi connectivity index (χ1v) is 8.27. The van der Waals surface area contributed by atoms with E-state index in [0.717, 1.165) is 17.8 Å². The third-order valence-corrected chi connectivity index (χ3v) is 4.61. The smallest absolute Gasteiger partial charge is 0.277 e. The molecule has 3 aromatic rings. The van der Waals surface area contributed by atoms with Crippen LogP contribution in [0.2, 0.25) is 5.02 Å². The predicted octanol–water partition coefficient (Wildman–Crippen LogP) is 3.16. The largest absolute Gasteiger partial charge is 0.325 e. The molecule has 0 fully saturated rings. The molecule has 0 saturated carbocycles. The highest BCUT2D eigenvalue weighted by atomic mass is 35.5. The average molecular weight is 335 g/mol. The summed E-state index contributed by atoms with van der Waals surface area (Å²) in [5.41, 5.74) is 1.99. The fourth-order valence-corrected chi connectivity index (χ4v) is 3.20. The van der Waals surface area contributed by atoms with Gasteiger partial charge in [-0.3, -0.25) is 9.78 Å². The molecule has 1 N–H and O–H groups in total. The fraction of sp³-hybridized carbons (Fsp3) is 0.267. The number of aryl methyl sites for hydroxylation is 2. The Labute approximate surface area is 136 Å². The zero-order valence-corrected chi connectivity index (χ0v) is 13.8. The van der Waals surface area contributed by atoms with Crippen LogP contribution in [0.4, 0.5) is 0 Å². The first kappa shape index (κ1) is 15.1. The molecular weight excluding hydrogens is 320 g/mol. The van der Waals surface area contributed by atoms with E-state index in [1.165, 1.54) is 11.8 Å². The molecule has 1 aromatic carbocycles. The van der Waals surface area contributed by atoms with Gasteiger partial charge in [0.15, 0.2) is 16.3 Å². The van der Waals surface area contributed by atoms with Crippen LogP contribution in [0.15, 0.2) is 34.2 Å². The second-order valence-electron chi connectivity index (χ2n) is 4.90. The number of thioether (sulfide) groups is 1. The van der Waals surface area contributed by atoms with Gasteiger partial charge in [0, 0.05) is 24.2 Å². The zero-order valence-electron chi connectivity index (χ0n) is 12.3. The topological polar surface area (TPSA) is 63.6 Å². The number of imidazole rings is 1. The molecule has 7 heteroatoms. The van der Waals surface area contributed by atoms with Crippen molar-refractivity contribution in [3.8, 4) is 0 Å². The molecule has 3 rings (SSSR count). The van der Waals surface area contributed by atoms with Gasteiger partial charge in [-0.1, -0.05) is 42.4 Å². The van der Waals surface area contributed by atoms with Crippen LogP contribution in [-0.4, -0.2) is 19.5 Å². The highest BCUT2D eigenvalue weighted by Crippen LogP contribution is 2.21. The lowest BCUT2D eigenvalue weighted by Crippen LogP contribution is -2.12. The monoisotopic (exact) mass is 334 g/mol. The van der Waals surface area contributed by atoms with Gasteiger partial charge in [-0.05, 0) is 17.7 Å². The van der Waals surface area contributed by atoms with E-state index >= 15 is 0 Å². The summed E-state index contributed by atoms with van der Waals surface area (Å²) in [5, 5.41) is 1.29. The molecule has 0 aliphatic heterocycles. The number of nitrogens with one attached hydrogen (secondary N) is 1. The van der Waals surface area contributed by atoms with Gasteiger partial charge in [0.25, 0.3) is 5.56 Å². The van der Waals surface area contributed by atoms with Crippen molar-refractivity contribution >= 4 is 34.5 Å². The number of benzene rings is 1. The molecule has 22 heavy (non-hydrogen) atoms. The van der Waals surface area contributed by atoms with E-state index in [-0.39, 0.29) is 5.56 Å². The highest BCUT2D eigenvalue weighted by molar-refractivity contribution is 7.98. The van der Waals surface area contributed by atoms with Gasteiger partial charge < -0.3 is 4.57 Å². The van der Waals surface area contributed by atoms with Crippen molar-refractivity contribution in [3.05, 3.63) is 51.0 Å². The van der Waals surface area contributed by atoms with Crippen molar-refractivity contribution in [2.75, 3.05) is 0 Å². The van der Waals surface area contributed by atoms with Gasteiger partial charge in [0.1, 0.15) is 5.82 Å². The maximum Gasteiger partial charge on any atom is 0.277 e. The molecule has 2 heterocycles. The lowest BCUT2D eigenvalue weighted by atomic mass is 10.2. The molecule has 0 aliphatic carbocycles. The molecule has 0 atom stereocenters. The van der Waals surface area contributed by atoms with Crippen molar-refractivity contribution in [2.24, 2.45) is 7.05 Å². The van der Waals surface area contributed by atoms with Crippen LogP contribution in [0.1, 0.15) is 18.3 Å². The SMILES string of the molecule is CCc1nc2nc(SCc3ccc(Cl)cc3)[nH]c(=O)c2n1C. The van der Waals surface area contributed by atoms with Crippen molar-refractivity contribution in [1.82, 2.24) is 19.5 Å². The summed E-state index contributed by atoms with van der Waals surface area (Å²) in [5.74, 6) is 1.56. The number of hydrogen-bond donors (Lipinski definition) is 1. The van der Waals surface area contributed by atoms with Gasteiger partial charge in [-0.15, -0.1) is 0 Å². The molecule has 0 radical (unpaired) electrons. The maximum atomic E-state index is 12.2. The van der Waals surface area contributed by atoms with E-state index in [9.17, 15) is 4.79 Å². The van der Waals surface area contributed by atoms with Crippen LogP contribution >= 0.6 is 23.4 Å². The lowest BCUT2D eigenvalue weighted by molar-refractivity contribution is 0.824. The predicted molar refractivity (Wildman–Crippen MR) is 89.5 cm³/mol. The molecule has 2 aromatic heterocycles. The van der Waals surface area contributed by atoms with Crippen LogP contribution < -0.4 is 5.56 Å². The summed E-state index contributed by atoms with van der Waals surface area (Å²) in [6.07, 6.45) is 0.763. The third-order valence-electron chi connectivity index (χ3n) is 3.42. The Morgan fingerprint density at radius 1 is 1.27 bits per heavy atom. The number of H-pyrrole nitrogens is 1. The Morgan fingerprint density at radius 2 is 2.00 bits per heavy atom. The van der Waals surface area contributed by atoms with Crippen molar-refractivity contribution in [2.45, 2.75) is 24.3 Å². The fourth-order valence-electron chi connectivity index (χ4n) is 2.26. The van der Waals surface area contributed by atoms with Gasteiger partial charge in [-0.2, -0.15) is 0 Å². The quantitative estimate of drug-likeness (QED) is 0.588. The molecule has 0 saturated heterocycles. The Hall–Kier alpha value is -1.79. The molecular formula is C15H15ClN4OS. The van der Waals surface area contributed by atoms with E-state index in [1.54, 1.807) is 4.57 Å². The Balaban J connectivity index is 1.88. The summed E-state index contributed by atoms with van der Waals surface area (Å²) < 4.78 is 1.80. The van der Waals surface area contributed by atoms with E-state index < -0.39 is 0 Å². The van der Waals surface area contributed by atoms with Crippen LogP contribution in [0.25, 0.3) is 11.2 Å². The van der Waals surface area contributed by atoms with Crippen molar-refractivity contribution < 1.29 is 0 Å². The summed E-state index contributed by atoms with van der Waals surface area (Å²) in [7, 11) is 1.84. The third kappa shape index (κ3) is 2.89. The van der Waals surface area contributed by atoms with Crippen LogP contribution in [0.5, 0.6) is 0 Å². The van der Waals surface area contributed by atoms with Gasteiger partial charge in [-0.25, -0.2) is 9.97 Å². The number of hydrogen-bond acceptors (Lipinski definition) is 4. The highest BCUT2D eigenvalue weighted by Gasteiger charge is 2.12. The molecule has 0 amide bonds. The number of aromatic amines is 1. The van der Waals surface area contributed by atoms with E-state index in [2.05, 4.69) is 15.0 Å². The minimum Gasteiger partial charge on any atom is -0.325 e. The average Bonchev–Trinajstić information content (AvgIpc) is 2.83. The van der Waals surface area contributed by atoms with Crippen LogP contribution in [-0.2, 0) is 19.2 Å². The number of aromatic nitrogens is 4. The van der Waals surface area contributed by atoms with E-state index in [1.807, 2.05) is 38.2 Å². The first-order chi connectivity index (χ1) is 10.6. The van der Waals surface area contributed by atoms with Gasteiger partial charge in [0.2, 0.25) is 0 Å². The summed E-state index contributed by atoms with van der Waals surface area (Å²) in [4.78, 5) is 23.9. The maximum absolute atomic E-state index is 12.2. The number of nitrogens with zero attached hydrogens (tertiary/aromatic N) is 3. The first-order valence-electron chi connectivity index (χ1n) is 6.91. The van der Waals surface area contributed by atoms with Crippen molar-refractivity contribution in [3.63, 3.8) is 0 Å². The molecule has 0 spiro atoms. The lowest BCUT2D eigenvalue weighted by Gasteiger charge is -2.02. The zero-order chi connectivity index (χ0) is 15.7. The minimum absolute atomic E-state index is 0.154. The van der Waals surface area contributed by atoms with Gasteiger partial charge >= 0.3 is 0 Å². The summed E-state index contributed by atoms with van der Waals surface area (Å²) >= 11 is 7.34. The molecule has 0 bridgehead atoms. The second kappa shape index (κ2) is 6.14. The summed E-state index contributed by atoms with van der Waals surface area (Å²) in [6, 6.07) is 7.62. The molecule has 0 aliphatic rings. The second-order valence-corrected chi connectivity index (χ2v) is 6.30. The normalized spacial score (nSPS) is 11.2. The summed E-state index contributed by atoms with van der Waals surface area (Å²) in [6.45, 7) is 2.01.